The molecule has 2 aromatic carbocycles. The van der Waals surface area contributed by atoms with Gasteiger partial charge in [0.1, 0.15) is 5.75 Å². The average Bonchev–Trinajstić information content (AvgIpc) is 2.48. The SMILES string of the molecule is COc1ccccc1CC(NN)c1ccc(I)c(Cl)c1. The molecule has 3 nitrogen and oxygen atoms in total. The molecule has 0 bridgehead atoms. The van der Waals surface area contributed by atoms with Gasteiger partial charge < -0.3 is 4.74 Å². The van der Waals surface area contributed by atoms with Gasteiger partial charge >= 0.3 is 0 Å². The summed E-state index contributed by atoms with van der Waals surface area (Å²) in [6, 6.07) is 13.9. The van der Waals surface area contributed by atoms with Gasteiger partial charge in [0, 0.05) is 3.57 Å². The van der Waals surface area contributed by atoms with Gasteiger partial charge in [0.15, 0.2) is 0 Å². The Bertz CT molecular complexity index is 592. The van der Waals surface area contributed by atoms with Crippen LogP contribution in [-0.4, -0.2) is 7.11 Å². The highest BCUT2D eigenvalue weighted by Crippen LogP contribution is 2.27. The van der Waals surface area contributed by atoms with Crippen LogP contribution < -0.4 is 16.0 Å². The Morgan fingerprint density at radius 3 is 2.70 bits per heavy atom. The Balaban J connectivity index is 2.26. The van der Waals surface area contributed by atoms with Crippen molar-refractivity contribution in [2.45, 2.75) is 12.5 Å². The molecule has 0 aliphatic carbocycles. The van der Waals surface area contributed by atoms with Crippen molar-refractivity contribution in [3.05, 3.63) is 62.2 Å². The van der Waals surface area contributed by atoms with Crippen molar-refractivity contribution in [1.82, 2.24) is 5.43 Å². The summed E-state index contributed by atoms with van der Waals surface area (Å²) in [6.07, 6.45) is 0.734. The van der Waals surface area contributed by atoms with E-state index >= 15 is 0 Å². The van der Waals surface area contributed by atoms with Crippen molar-refractivity contribution in [2.24, 2.45) is 5.84 Å². The van der Waals surface area contributed by atoms with Crippen LogP contribution in [0.2, 0.25) is 5.02 Å². The number of nitrogens with one attached hydrogen (secondary N) is 1. The molecule has 1 atom stereocenters. The first kappa shape index (κ1) is 15.6. The molecule has 1 unspecified atom stereocenters. The van der Waals surface area contributed by atoms with Crippen molar-refractivity contribution in [2.75, 3.05) is 7.11 Å². The number of methoxy groups -OCH3 is 1. The summed E-state index contributed by atoms with van der Waals surface area (Å²) < 4.78 is 6.40. The number of para-hydroxylation sites is 1. The third-order valence-electron chi connectivity index (χ3n) is 3.16. The van der Waals surface area contributed by atoms with Gasteiger partial charge in [-0.25, -0.2) is 0 Å². The number of rotatable bonds is 5. The summed E-state index contributed by atoms with van der Waals surface area (Å²) in [5, 5.41) is 0.739. The number of nitrogens with two attached hydrogens (primary N) is 1. The van der Waals surface area contributed by atoms with E-state index in [0.717, 1.165) is 31.9 Å². The first-order chi connectivity index (χ1) is 9.65. The maximum absolute atomic E-state index is 6.18. The van der Waals surface area contributed by atoms with Crippen LogP contribution in [0.4, 0.5) is 0 Å². The van der Waals surface area contributed by atoms with Crippen LogP contribution in [0.25, 0.3) is 0 Å². The van der Waals surface area contributed by atoms with Crippen LogP contribution in [0.15, 0.2) is 42.5 Å². The van der Waals surface area contributed by atoms with E-state index in [0.29, 0.717) is 0 Å². The molecule has 0 aromatic heterocycles. The average molecular weight is 403 g/mol. The molecular weight excluding hydrogens is 387 g/mol. The summed E-state index contributed by atoms with van der Waals surface area (Å²) in [6.45, 7) is 0. The second kappa shape index (κ2) is 7.26. The van der Waals surface area contributed by atoms with E-state index in [-0.39, 0.29) is 6.04 Å². The molecule has 5 heteroatoms. The predicted molar refractivity (Wildman–Crippen MR) is 90.9 cm³/mol. The first-order valence-corrected chi connectivity index (χ1v) is 7.64. The highest BCUT2D eigenvalue weighted by molar-refractivity contribution is 14.1. The van der Waals surface area contributed by atoms with Crippen molar-refractivity contribution < 1.29 is 4.74 Å². The summed E-state index contributed by atoms with van der Waals surface area (Å²) in [4.78, 5) is 0. The van der Waals surface area contributed by atoms with Gasteiger partial charge in [0.2, 0.25) is 0 Å². The van der Waals surface area contributed by atoms with Crippen molar-refractivity contribution >= 4 is 34.2 Å². The van der Waals surface area contributed by atoms with Crippen molar-refractivity contribution in [3.8, 4) is 5.75 Å². The zero-order chi connectivity index (χ0) is 14.5. The van der Waals surface area contributed by atoms with Crippen LogP contribution in [-0.2, 0) is 6.42 Å². The zero-order valence-corrected chi connectivity index (χ0v) is 14.0. The van der Waals surface area contributed by atoms with Crippen molar-refractivity contribution in [1.29, 1.82) is 0 Å². The third kappa shape index (κ3) is 3.63. The Morgan fingerprint density at radius 1 is 1.30 bits per heavy atom. The molecule has 2 rings (SSSR count). The summed E-state index contributed by atoms with van der Waals surface area (Å²) in [7, 11) is 1.67. The van der Waals surface area contributed by atoms with Crippen LogP contribution >= 0.6 is 34.2 Å². The third-order valence-corrected chi connectivity index (χ3v) is 4.74. The topological polar surface area (TPSA) is 47.3 Å². The number of halogens is 2. The van der Waals surface area contributed by atoms with E-state index in [1.165, 1.54) is 0 Å². The van der Waals surface area contributed by atoms with Gasteiger partial charge in [-0.2, -0.15) is 0 Å². The van der Waals surface area contributed by atoms with Crippen LogP contribution in [0.5, 0.6) is 5.75 Å². The van der Waals surface area contributed by atoms with Crippen LogP contribution in [0.3, 0.4) is 0 Å². The van der Waals surface area contributed by atoms with E-state index < -0.39 is 0 Å². The second-order valence-corrected chi connectivity index (χ2v) is 5.98. The van der Waals surface area contributed by atoms with Crippen LogP contribution in [0, 0.1) is 3.57 Å². The normalized spacial score (nSPS) is 12.2. The summed E-state index contributed by atoms with van der Waals surface area (Å²) in [5.41, 5.74) is 5.01. The quantitative estimate of drug-likeness (QED) is 0.455. The molecule has 0 radical (unpaired) electrons. The molecule has 2 aromatic rings. The maximum Gasteiger partial charge on any atom is 0.122 e. The fourth-order valence-electron chi connectivity index (χ4n) is 2.09. The minimum Gasteiger partial charge on any atom is -0.496 e. The monoisotopic (exact) mass is 402 g/mol. The Kier molecular flexibility index (Phi) is 5.65. The van der Waals surface area contributed by atoms with Gasteiger partial charge in [0.25, 0.3) is 0 Å². The van der Waals surface area contributed by atoms with E-state index in [1.54, 1.807) is 7.11 Å². The molecule has 0 fully saturated rings. The molecule has 0 spiro atoms. The maximum atomic E-state index is 6.18. The lowest BCUT2D eigenvalue weighted by Crippen LogP contribution is -2.29. The van der Waals surface area contributed by atoms with E-state index in [4.69, 9.17) is 22.2 Å². The largest absolute Gasteiger partial charge is 0.496 e. The molecule has 20 heavy (non-hydrogen) atoms. The Labute approximate surface area is 137 Å². The molecular formula is C15H16ClIN2O. The lowest BCUT2D eigenvalue weighted by Gasteiger charge is -2.18. The molecule has 0 aliphatic heterocycles. The van der Waals surface area contributed by atoms with Gasteiger partial charge in [-0.3, -0.25) is 11.3 Å². The van der Waals surface area contributed by atoms with Gasteiger partial charge in [-0.15, -0.1) is 0 Å². The first-order valence-electron chi connectivity index (χ1n) is 6.18. The molecule has 0 heterocycles. The highest BCUT2D eigenvalue weighted by Gasteiger charge is 2.14. The van der Waals surface area contributed by atoms with E-state index in [9.17, 15) is 0 Å². The molecule has 0 saturated heterocycles. The fraction of sp³-hybridized carbons (Fsp3) is 0.200. The highest BCUT2D eigenvalue weighted by atomic mass is 127. The molecule has 106 valence electrons. The number of hydrazine groups is 1. The predicted octanol–water partition coefficient (Wildman–Crippen LogP) is 3.70. The second-order valence-electron chi connectivity index (χ2n) is 4.41. The smallest absolute Gasteiger partial charge is 0.122 e. The number of ether oxygens (including phenoxy) is 1. The number of benzene rings is 2. The Morgan fingerprint density at radius 2 is 2.05 bits per heavy atom. The molecule has 0 aliphatic rings. The number of hydrogen-bond acceptors (Lipinski definition) is 3. The van der Waals surface area contributed by atoms with Gasteiger partial charge in [0.05, 0.1) is 18.2 Å². The zero-order valence-electron chi connectivity index (χ0n) is 11.1. The van der Waals surface area contributed by atoms with Crippen LogP contribution in [0.1, 0.15) is 17.2 Å². The van der Waals surface area contributed by atoms with Gasteiger partial charge in [-0.1, -0.05) is 35.9 Å². The van der Waals surface area contributed by atoms with Crippen molar-refractivity contribution in [3.63, 3.8) is 0 Å². The minimum atomic E-state index is -0.0131. The fourth-order valence-corrected chi connectivity index (χ4v) is 2.62. The van der Waals surface area contributed by atoms with E-state index in [1.807, 2.05) is 42.5 Å². The molecule has 0 amide bonds. The lowest BCUT2D eigenvalue weighted by atomic mass is 9.99. The Hall–Kier alpha value is -0.820. The van der Waals surface area contributed by atoms with E-state index in [2.05, 4.69) is 28.0 Å². The molecule has 0 saturated carbocycles. The number of hydrogen-bond donors (Lipinski definition) is 2. The lowest BCUT2D eigenvalue weighted by molar-refractivity contribution is 0.405. The van der Waals surface area contributed by atoms with Gasteiger partial charge in [-0.05, 0) is 58.3 Å². The summed E-state index contributed by atoms with van der Waals surface area (Å²) >= 11 is 8.38. The molecule has 3 N–H and O–H groups in total. The summed E-state index contributed by atoms with van der Waals surface area (Å²) in [5.74, 6) is 6.56. The standard InChI is InChI=1S/C15H16ClIN2O/c1-20-15-5-3-2-4-11(15)9-14(19-18)10-6-7-13(17)12(16)8-10/h2-8,14,19H,9,18H2,1H3. The minimum absolute atomic E-state index is 0.0131.